The summed E-state index contributed by atoms with van der Waals surface area (Å²) in [5.74, 6) is 0.00720. The van der Waals surface area contributed by atoms with Gasteiger partial charge in [0.25, 0.3) is 5.56 Å². The van der Waals surface area contributed by atoms with Crippen LogP contribution in [0.25, 0.3) is 6.08 Å². The Bertz CT molecular complexity index is 775. The van der Waals surface area contributed by atoms with Gasteiger partial charge in [0.15, 0.2) is 0 Å². The van der Waals surface area contributed by atoms with Gasteiger partial charge in [0.2, 0.25) is 5.91 Å². The molecule has 130 valence electrons. The minimum Gasteiger partial charge on any atom is -0.339 e. The number of carbonyl (C=O) groups excluding carboxylic acids is 1. The fourth-order valence-electron chi connectivity index (χ4n) is 2.92. The summed E-state index contributed by atoms with van der Waals surface area (Å²) in [6.07, 6.45) is 5.94. The van der Waals surface area contributed by atoms with Crippen LogP contribution >= 0.6 is 0 Å². The summed E-state index contributed by atoms with van der Waals surface area (Å²) in [5.41, 5.74) is 1.06. The van der Waals surface area contributed by atoms with E-state index in [0.29, 0.717) is 13.1 Å². The van der Waals surface area contributed by atoms with Crippen molar-refractivity contribution in [1.29, 1.82) is 0 Å². The predicted molar refractivity (Wildman–Crippen MR) is 99.2 cm³/mol. The molecule has 0 spiro atoms. The van der Waals surface area contributed by atoms with Crippen molar-refractivity contribution in [3.05, 3.63) is 76.7 Å². The first-order valence-electron chi connectivity index (χ1n) is 8.59. The zero-order chi connectivity index (χ0) is 17.5. The quantitative estimate of drug-likeness (QED) is 0.834. The summed E-state index contributed by atoms with van der Waals surface area (Å²) in [6, 6.07) is 15.2. The topological polar surface area (TPSA) is 45.6 Å². The first-order chi connectivity index (χ1) is 12.2. The Balaban J connectivity index is 1.45. The molecule has 1 saturated heterocycles. The standard InChI is InChI=1S/C20H23N3O2/c24-19-10-4-5-12-23(19)17-20(25)22-15-13-21(14-16-22)11-6-9-18-7-2-1-3-8-18/h1-10,12H,11,13-17H2/b9-6+. The molecule has 0 radical (unpaired) electrons. The average Bonchev–Trinajstić information content (AvgIpc) is 2.65. The largest absolute Gasteiger partial charge is 0.339 e. The van der Waals surface area contributed by atoms with E-state index < -0.39 is 0 Å². The van der Waals surface area contributed by atoms with Gasteiger partial charge in [0, 0.05) is 45.0 Å². The summed E-state index contributed by atoms with van der Waals surface area (Å²) >= 11 is 0. The normalized spacial score (nSPS) is 15.6. The van der Waals surface area contributed by atoms with Crippen LogP contribution in [0.2, 0.25) is 0 Å². The van der Waals surface area contributed by atoms with Gasteiger partial charge >= 0.3 is 0 Å². The van der Waals surface area contributed by atoms with E-state index in [1.54, 1.807) is 18.3 Å². The molecule has 1 amide bonds. The summed E-state index contributed by atoms with van der Waals surface area (Å²) in [5, 5.41) is 0. The van der Waals surface area contributed by atoms with Gasteiger partial charge in [-0.2, -0.15) is 0 Å². The van der Waals surface area contributed by atoms with Gasteiger partial charge in [0.05, 0.1) is 0 Å². The van der Waals surface area contributed by atoms with Gasteiger partial charge < -0.3 is 9.47 Å². The van der Waals surface area contributed by atoms with Crippen LogP contribution in [0.1, 0.15) is 5.56 Å². The number of piperazine rings is 1. The highest BCUT2D eigenvalue weighted by molar-refractivity contribution is 5.76. The van der Waals surface area contributed by atoms with E-state index in [1.807, 2.05) is 23.1 Å². The van der Waals surface area contributed by atoms with E-state index in [9.17, 15) is 9.59 Å². The van der Waals surface area contributed by atoms with E-state index in [4.69, 9.17) is 0 Å². The molecule has 0 N–H and O–H groups in total. The molecule has 5 heteroatoms. The zero-order valence-corrected chi connectivity index (χ0v) is 14.3. The fraction of sp³-hybridized carbons (Fsp3) is 0.300. The number of nitrogens with zero attached hydrogens (tertiary/aromatic N) is 3. The third kappa shape index (κ3) is 4.90. The van der Waals surface area contributed by atoms with E-state index in [2.05, 4.69) is 29.2 Å². The second kappa shape index (κ2) is 8.44. The lowest BCUT2D eigenvalue weighted by atomic mass is 10.2. The van der Waals surface area contributed by atoms with Crippen molar-refractivity contribution in [2.24, 2.45) is 0 Å². The van der Waals surface area contributed by atoms with E-state index >= 15 is 0 Å². The minimum atomic E-state index is -0.138. The van der Waals surface area contributed by atoms with Crippen molar-refractivity contribution >= 4 is 12.0 Å². The van der Waals surface area contributed by atoms with Gasteiger partial charge in [-0.25, -0.2) is 0 Å². The first kappa shape index (κ1) is 17.2. The van der Waals surface area contributed by atoms with E-state index in [1.165, 1.54) is 16.2 Å². The lowest BCUT2D eigenvalue weighted by Gasteiger charge is -2.34. The maximum absolute atomic E-state index is 12.4. The van der Waals surface area contributed by atoms with Crippen LogP contribution in [-0.4, -0.2) is 53.0 Å². The second-order valence-electron chi connectivity index (χ2n) is 6.16. The molecule has 1 aliphatic rings. The monoisotopic (exact) mass is 337 g/mol. The summed E-state index contributed by atoms with van der Waals surface area (Å²) in [6.45, 7) is 4.13. The molecule has 2 aromatic rings. The predicted octanol–water partition coefficient (Wildman–Crippen LogP) is 1.71. The van der Waals surface area contributed by atoms with Crippen LogP contribution in [0.5, 0.6) is 0 Å². The van der Waals surface area contributed by atoms with Crippen LogP contribution < -0.4 is 5.56 Å². The number of rotatable bonds is 5. The lowest BCUT2D eigenvalue weighted by Crippen LogP contribution is -2.49. The zero-order valence-electron chi connectivity index (χ0n) is 14.3. The molecular formula is C20H23N3O2. The maximum atomic E-state index is 12.4. The van der Waals surface area contributed by atoms with Crippen molar-refractivity contribution in [2.45, 2.75) is 6.54 Å². The molecular weight excluding hydrogens is 314 g/mol. The Labute approximate surface area is 147 Å². The molecule has 0 bridgehead atoms. The van der Waals surface area contributed by atoms with Gasteiger partial charge in [-0.1, -0.05) is 48.6 Å². The average molecular weight is 337 g/mol. The molecule has 1 aromatic carbocycles. The highest BCUT2D eigenvalue weighted by Gasteiger charge is 2.20. The number of carbonyl (C=O) groups is 1. The van der Waals surface area contributed by atoms with Crippen molar-refractivity contribution in [2.75, 3.05) is 32.7 Å². The maximum Gasteiger partial charge on any atom is 0.250 e. The third-order valence-electron chi connectivity index (χ3n) is 4.40. The molecule has 1 aromatic heterocycles. The highest BCUT2D eigenvalue weighted by Crippen LogP contribution is 2.05. The Morgan fingerprint density at radius 3 is 2.40 bits per heavy atom. The Morgan fingerprint density at radius 1 is 0.960 bits per heavy atom. The van der Waals surface area contributed by atoms with Gasteiger partial charge in [-0.05, 0) is 11.6 Å². The van der Waals surface area contributed by atoms with Crippen molar-refractivity contribution < 1.29 is 4.79 Å². The first-order valence-corrected chi connectivity index (χ1v) is 8.59. The lowest BCUT2D eigenvalue weighted by molar-refractivity contribution is -0.133. The van der Waals surface area contributed by atoms with Crippen LogP contribution in [0.4, 0.5) is 0 Å². The fourth-order valence-corrected chi connectivity index (χ4v) is 2.92. The molecule has 0 atom stereocenters. The summed E-state index contributed by atoms with van der Waals surface area (Å²) in [4.78, 5) is 28.2. The molecule has 3 rings (SSSR count). The van der Waals surface area contributed by atoms with Crippen LogP contribution in [0.3, 0.4) is 0 Å². The molecule has 0 aliphatic carbocycles. The third-order valence-corrected chi connectivity index (χ3v) is 4.40. The van der Waals surface area contributed by atoms with Gasteiger partial charge in [0.1, 0.15) is 6.54 Å². The van der Waals surface area contributed by atoms with Crippen molar-refractivity contribution in [1.82, 2.24) is 14.4 Å². The van der Waals surface area contributed by atoms with Gasteiger partial charge in [-0.15, -0.1) is 0 Å². The SMILES string of the molecule is O=C(Cn1ccccc1=O)N1CCN(C/C=C/c2ccccc2)CC1. The molecule has 25 heavy (non-hydrogen) atoms. The number of amides is 1. The van der Waals surface area contributed by atoms with Crippen molar-refractivity contribution in [3.8, 4) is 0 Å². The van der Waals surface area contributed by atoms with E-state index in [0.717, 1.165) is 19.6 Å². The summed E-state index contributed by atoms with van der Waals surface area (Å²) in [7, 11) is 0. The smallest absolute Gasteiger partial charge is 0.250 e. The number of hydrogen-bond donors (Lipinski definition) is 0. The molecule has 1 aliphatic heterocycles. The Morgan fingerprint density at radius 2 is 1.68 bits per heavy atom. The number of benzene rings is 1. The Hall–Kier alpha value is -2.66. The minimum absolute atomic E-state index is 0.00720. The van der Waals surface area contributed by atoms with Crippen molar-refractivity contribution in [3.63, 3.8) is 0 Å². The van der Waals surface area contributed by atoms with Crippen LogP contribution in [0, 0.1) is 0 Å². The number of aromatic nitrogens is 1. The van der Waals surface area contributed by atoms with Gasteiger partial charge in [-0.3, -0.25) is 14.5 Å². The van der Waals surface area contributed by atoms with E-state index in [-0.39, 0.29) is 18.0 Å². The van der Waals surface area contributed by atoms with Crippen LogP contribution in [0.15, 0.2) is 65.6 Å². The molecule has 0 unspecified atom stereocenters. The Kier molecular flexibility index (Phi) is 5.80. The summed E-state index contributed by atoms with van der Waals surface area (Å²) < 4.78 is 1.46. The number of pyridine rings is 1. The molecule has 1 fully saturated rings. The molecule has 5 nitrogen and oxygen atoms in total. The highest BCUT2D eigenvalue weighted by atomic mass is 16.2. The number of hydrogen-bond acceptors (Lipinski definition) is 3. The second-order valence-corrected chi connectivity index (χ2v) is 6.16. The van der Waals surface area contributed by atoms with Crippen LogP contribution in [-0.2, 0) is 11.3 Å². The molecule has 2 heterocycles. The molecule has 0 saturated carbocycles.